The van der Waals surface area contributed by atoms with Crippen LogP contribution in [0.3, 0.4) is 0 Å². The summed E-state index contributed by atoms with van der Waals surface area (Å²) in [7, 11) is 1.62. The first kappa shape index (κ1) is 15.9. The smallest absolute Gasteiger partial charge is 0.186 e. The topological polar surface area (TPSA) is 84.6 Å². The summed E-state index contributed by atoms with van der Waals surface area (Å²) in [5.41, 5.74) is 0.804. The maximum atomic E-state index is 10.3. The SMILES string of the molecule is COCCC(C)(O)CNc1ccc2nnc(-c3ccsc3)n2n1. The van der Waals surface area contributed by atoms with Crippen LogP contribution in [0.5, 0.6) is 0 Å². The number of ether oxygens (including phenoxy) is 1. The van der Waals surface area contributed by atoms with Crippen molar-refractivity contribution in [2.45, 2.75) is 18.9 Å². The van der Waals surface area contributed by atoms with Crippen LogP contribution >= 0.6 is 11.3 Å². The van der Waals surface area contributed by atoms with Gasteiger partial charge in [0, 0.05) is 37.6 Å². The second-order valence-corrected chi connectivity index (χ2v) is 6.40. The summed E-state index contributed by atoms with van der Waals surface area (Å²) in [6.07, 6.45) is 0.547. The van der Waals surface area contributed by atoms with Crippen molar-refractivity contribution in [2.75, 3.05) is 25.6 Å². The predicted molar refractivity (Wildman–Crippen MR) is 89.7 cm³/mol. The van der Waals surface area contributed by atoms with Crippen LogP contribution in [0.4, 0.5) is 5.82 Å². The molecule has 8 heteroatoms. The molecule has 0 fully saturated rings. The molecule has 1 unspecified atom stereocenters. The predicted octanol–water partition coefficient (Wildman–Crippen LogP) is 2.05. The Morgan fingerprint density at radius 1 is 1.35 bits per heavy atom. The highest BCUT2D eigenvalue weighted by atomic mass is 32.1. The minimum atomic E-state index is -0.865. The van der Waals surface area contributed by atoms with Crippen LogP contribution < -0.4 is 5.32 Å². The molecule has 0 radical (unpaired) electrons. The lowest BCUT2D eigenvalue weighted by molar-refractivity contribution is 0.0357. The molecule has 0 amide bonds. The number of anilines is 1. The lowest BCUT2D eigenvalue weighted by Crippen LogP contribution is -2.35. The van der Waals surface area contributed by atoms with Gasteiger partial charge in [-0.1, -0.05) is 0 Å². The van der Waals surface area contributed by atoms with Gasteiger partial charge in [0.15, 0.2) is 11.5 Å². The van der Waals surface area contributed by atoms with Crippen molar-refractivity contribution in [2.24, 2.45) is 0 Å². The van der Waals surface area contributed by atoms with E-state index >= 15 is 0 Å². The minimum absolute atomic E-state index is 0.380. The van der Waals surface area contributed by atoms with Crippen molar-refractivity contribution in [1.82, 2.24) is 19.8 Å². The monoisotopic (exact) mass is 333 g/mol. The molecule has 7 nitrogen and oxygen atoms in total. The molecule has 0 saturated carbocycles. The first-order valence-corrected chi connectivity index (χ1v) is 8.23. The standard InChI is InChI=1S/C15H19N5O2S/c1-15(21,6-7-22-2)10-16-12-3-4-13-17-18-14(20(13)19-12)11-5-8-23-9-11/h3-5,8-9,21H,6-7,10H2,1-2H3,(H,16,19). The van der Waals surface area contributed by atoms with E-state index in [1.54, 1.807) is 29.9 Å². The fraction of sp³-hybridized carbons (Fsp3) is 0.400. The molecule has 3 rings (SSSR count). The summed E-state index contributed by atoms with van der Waals surface area (Å²) in [6, 6.07) is 5.66. The number of nitrogens with one attached hydrogen (secondary N) is 1. The summed E-state index contributed by atoms with van der Waals surface area (Å²) < 4.78 is 6.71. The van der Waals surface area contributed by atoms with Gasteiger partial charge in [-0.3, -0.25) is 0 Å². The number of methoxy groups -OCH3 is 1. The van der Waals surface area contributed by atoms with Crippen LogP contribution in [0, 0.1) is 0 Å². The van der Waals surface area contributed by atoms with Crippen molar-refractivity contribution in [3.05, 3.63) is 29.0 Å². The average Bonchev–Trinajstić information content (AvgIpc) is 3.19. The van der Waals surface area contributed by atoms with Crippen LogP contribution in [0.15, 0.2) is 29.0 Å². The third kappa shape index (κ3) is 3.66. The molecule has 3 aromatic heterocycles. The van der Waals surface area contributed by atoms with Gasteiger partial charge in [0.25, 0.3) is 0 Å². The average molecular weight is 333 g/mol. The van der Waals surface area contributed by atoms with E-state index in [-0.39, 0.29) is 0 Å². The molecule has 3 aromatic rings. The highest BCUT2D eigenvalue weighted by molar-refractivity contribution is 7.08. The molecule has 0 saturated heterocycles. The molecule has 1 atom stereocenters. The van der Waals surface area contributed by atoms with Crippen LogP contribution in [0.25, 0.3) is 17.0 Å². The Kier molecular flexibility index (Phi) is 4.56. The molecular formula is C15H19N5O2S. The van der Waals surface area contributed by atoms with Gasteiger partial charge in [-0.25, -0.2) is 0 Å². The van der Waals surface area contributed by atoms with Gasteiger partial charge in [-0.15, -0.1) is 15.3 Å². The Morgan fingerprint density at radius 3 is 2.96 bits per heavy atom. The molecule has 122 valence electrons. The second kappa shape index (κ2) is 6.61. The number of nitrogens with zero attached hydrogens (tertiary/aromatic N) is 4. The second-order valence-electron chi connectivity index (χ2n) is 5.62. The van der Waals surface area contributed by atoms with E-state index in [1.165, 1.54) is 0 Å². The molecule has 2 N–H and O–H groups in total. The summed E-state index contributed by atoms with van der Waals surface area (Å²) in [4.78, 5) is 0. The van der Waals surface area contributed by atoms with E-state index in [2.05, 4.69) is 20.6 Å². The number of rotatable bonds is 7. The van der Waals surface area contributed by atoms with Gasteiger partial charge < -0.3 is 15.2 Å². The largest absolute Gasteiger partial charge is 0.388 e. The fourth-order valence-electron chi connectivity index (χ4n) is 2.15. The van der Waals surface area contributed by atoms with E-state index in [0.717, 1.165) is 5.56 Å². The number of thiophene rings is 1. The van der Waals surface area contributed by atoms with Gasteiger partial charge in [0.05, 0.1) is 5.60 Å². The summed E-state index contributed by atoms with van der Waals surface area (Å²) in [5.74, 6) is 1.36. The van der Waals surface area contributed by atoms with Crippen molar-refractivity contribution in [1.29, 1.82) is 0 Å². The number of aliphatic hydroxyl groups is 1. The third-order valence-electron chi connectivity index (χ3n) is 3.54. The summed E-state index contributed by atoms with van der Waals surface area (Å²) in [5, 5.41) is 30.3. The van der Waals surface area contributed by atoms with E-state index in [0.29, 0.717) is 36.9 Å². The summed E-state index contributed by atoms with van der Waals surface area (Å²) >= 11 is 1.60. The number of aromatic nitrogens is 4. The Bertz CT molecular complexity index is 769. The molecule has 0 aliphatic heterocycles. The molecule has 3 heterocycles. The fourth-order valence-corrected chi connectivity index (χ4v) is 2.78. The maximum absolute atomic E-state index is 10.3. The number of hydrogen-bond donors (Lipinski definition) is 2. The van der Waals surface area contributed by atoms with E-state index < -0.39 is 5.60 Å². The molecule has 23 heavy (non-hydrogen) atoms. The van der Waals surface area contributed by atoms with Crippen molar-refractivity contribution < 1.29 is 9.84 Å². The van der Waals surface area contributed by atoms with E-state index in [1.807, 2.05) is 29.0 Å². The first-order chi connectivity index (χ1) is 11.1. The van der Waals surface area contributed by atoms with Crippen LogP contribution in [-0.2, 0) is 4.74 Å². The number of fused-ring (bicyclic) bond motifs is 1. The van der Waals surface area contributed by atoms with E-state index in [4.69, 9.17) is 4.74 Å². The van der Waals surface area contributed by atoms with Gasteiger partial charge >= 0.3 is 0 Å². The quantitative estimate of drug-likeness (QED) is 0.688. The Morgan fingerprint density at radius 2 is 2.22 bits per heavy atom. The van der Waals surface area contributed by atoms with Crippen molar-refractivity contribution in [3.8, 4) is 11.4 Å². The zero-order valence-corrected chi connectivity index (χ0v) is 13.9. The summed E-state index contributed by atoms with van der Waals surface area (Å²) in [6.45, 7) is 2.66. The Hall–Kier alpha value is -2.03. The zero-order chi connectivity index (χ0) is 16.3. The van der Waals surface area contributed by atoms with Gasteiger partial charge in [-0.2, -0.15) is 15.9 Å². The van der Waals surface area contributed by atoms with Crippen LogP contribution in [-0.4, -0.2) is 50.8 Å². The van der Waals surface area contributed by atoms with Gasteiger partial charge in [0.2, 0.25) is 0 Å². The molecule has 0 spiro atoms. The molecule has 0 bridgehead atoms. The van der Waals surface area contributed by atoms with Gasteiger partial charge in [-0.05, 0) is 30.5 Å². The molecule has 0 aromatic carbocycles. The number of hydrogen-bond acceptors (Lipinski definition) is 7. The zero-order valence-electron chi connectivity index (χ0n) is 13.1. The first-order valence-electron chi connectivity index (χ1n) is 7.29. The highest BCUT2D eigenvalue weighted by Crippen LogP contribution is 2.21. The molecule has 0 aliphatic carbocycles. The highest BCUT2D eigenvalue weighted by Gasteiger charge is 2.20. The van der Waals surface area contributed by atoms with Crippen molar-refractivity contribution in [3.63, 3.8) is 0 Å². The lowest BCUT2D eigenvalue weighted by Gasteiger charge is -2.23. The van der Waals surface area contributed by atoms with Gasteiger partial charge in [0.1, 0.15) is 5.82 Å². The van der Waals surface area contributed by atoms with Crippen LogP contribution in [0.1, 0.15) is 13.3 Å². The molecule has 0 aliphatic rings. The Balaban J connectivity index is 1.79. The van der Waals surface area contributed by atoms with Crippen molar-refractivity contribution >= 4 is 22.8 Å². The van der Waals surface area contributed by atoms with E-state index in [9.17, 15) is 5.11 Å². The minimum Gasteiger partial charge on any atom is -0.388 e. The lowest BCUT2D eigenvalue weighted by atomic mass is 10.0. The van der Waals surface area contributed by atoms with Crippen LogP contribution in [0.2, 0.25) is 0 Å². The normalized spacial score (nSPS) is 14.0. The molecular weight excluding hydrogens is 314 g/mol. The maximum Gasteiger partial charge on any atom is 0.186 e. The third-order valence-corrected chi connectivity index (χ3v) is 4.22. The Labute approximate surface area is 137 Å².